The summed E-state index contributed by atoms with van der Waals surface area (Å²) in [6.07, 6.45) is 93.4. The maximum Gasteiger partial charge on any atom is 0.305 e. The van der Waals surface area contributed by atoms with E-state index in [1.807, 2.05) is 0 Å². The summed E-state index contributed by atoms with van der Waals surface area (Å²) in [4.78, 5) is 24.7. The maximum absolute atomic E-state index is 12.5. The van der Waals surface area contributed by atoms with Crippen molar-refractivity contribution in [1.29, 1.82) is 0 Å². The number of nitrogens with one attached hydrogen (secondary N) is 1. The van der Waals surface area contributed by atoms with Crippen molar-refractivity contribution in [2.24, 2.45) is 0 Å². The zero-order valence-electron chi connectivity index (χ0n) is 58.4. The van der Waals surface area contributed by atoms with Crippen LogP contribution in [0.1, 0.15) is 470 Å². The average molecular weight is 1200 g/mol. The molecule has 0 aromatic heterocycles. The maximum atomic E-state index is 12.5. The second-order valence-corrected chi connectivity index (χ2v) is 27.8. The first kappa shape index (κ1) is 83.9. The molecule has 0 aromatic carbocycles. The molecule has 85 heavy (non-hydrogen) atoms. The van der Waals surface area contributed by atoms with E-state index in [1.54, 1.807) is 0 Å². The van der Waals surface area contributed by atoms with Gasteiger partial charge in [0.05, 0.1) is 25.4 Å². The summed E-state index contributed by atoms with van der Waals surface area (Å²) < 4.78 is 5.52. The Morgan fingerprint density at radius 2 is 0.482 bits per heavy atom. The molecule has 0 aliphatic carbocycles. The molecule has 0 rings (SSSR count). The first-order valence-electron chi connectivity index (χ1n) is 39.8. The Hall–Kier alpha value is -1.14. The monoisotopic (exact) mass is 1200 g/mol. The Labute approximate surface area is 534 Å². The number of unbranched alkanes of at least 4 members (excludes halogenated alkanes) is 65. The van der Waals surface area contributed by atoms with Crippen LogP contribution in [0.15, 0.2) is 0 Å². The highest BCUT2D eigenvalue weighted by Crippen LogP contribution is 2.21. The van der Waals surface area contributed by atoms with Crippen LogP contribution in [0.2, 0.25) is 0 Å². The van der Waals surface area contributed by atoms with Gasteiger partial charge in [-0.2, -0.15) is 0 Å². The SMILES string of the molecule is CCCCCCCCCCCCCCCCCCCCC(=O)OCCCCCCCCCCCCCCCCCCCCCCCCCCCCCCCCCCC(=O)NC(CO)C(O)CCCCCCCCCCCCCCCCCCCC. The minimum absolute atomic E-state index is 0.0251. The lowest BCUT2D eigenvalue weighted by Crippen LogP contribution is -2.45. The Bertz CT molecular complexity index is 1240. The van der Waals surface area contributed by atoms with E-state index in [2.05, 4.69) is 19.2 Å². The van der Waals surface area contributed by atoms with E-state index in [0.29, 0.717) is 25.9 Å². The molecule has 0 saturated carbocycles. The number of esters is 1. The van der Waals surface area contributed by atoms with Crippen LogP contribution in [0.25, 0.3) is 0 Å². The third kappa shape index (κ3) is 71.8. The quantitative estimate of drug-likeness (QED) is 0.0417. The van der Waals surface area contributed by atoms with Crippen molar-refractivity contribution in [3.63, 3.8) is 0 Å². The number of rotatable bonds is 76. The van der Waals surface area contributed by atoms with Gasteiger partial charge in [0.1, 0.15) is 0 Å². The molecule has 0 aliphatic heterocycles. The van der Waals surface area contributed by atoms with E-state index in [4.69, 9.17) is 4.74 Å². The molecule has 6 heteroatoms. The summed E-state index contributed by atoms with van der Waals surface area (Å²) in [5.41, 5.74) is 0. The van der Waals surface area contributed by atoms with Crippen LogP contribution in [0.4, 0.5) is 0 Å². The fourth-order valence-electron chi connectivity index (χ4n) is 13.1. The van der Waals surface area contributed by atoms with Crippen LogP contribution >= 0.6 is 0 Å². The van der Waals surface area contributed by atoms with Crippen molar-refractivity contribution in [2.75, 3.05) is 13.2 Å². The van der Waals surface area contributed by atoms with E-state index in [9.17, 15) is 19.8 Å². The van der Waals surface area contributed by atoms with Crippen LogP contribution in [-0.2, 0) is 14.3 Å². The van der Waals surface area contributed by atoms with Crippen LogP contribution in [-0.4, -0.2) is 47.4 Å². The second-order valence-electron chi connectivity index (χ2n) is 27.8. The predicted octanol–water partition coefficient (Wildman–Crippen LogP) is 26.1. The number of hydrogen-bond donors (Lipinski definition) is 3. The topological polar surface area (TPSA) is 95.9 Å². The van der Waals surface area contributed by atoms with E-state index < -0.39 is 12.1 Å². The molecular formula is C79H157NO5. The molecule has 0 saturated heterocycles. The Morgan fingerprint density at radius 1 is 0.282 bits per heavy atom. The molecular weight excluding hydrogens is 1040 g/mol. The lowest BCUT2D eigenvalue weighted by molar-refractivity contribution is -0.143. The zero-order chi connectivity index (χ0) is 61.3. The highest BCUT2D eigenvalue weighted by molar-refractivity contribution is 5.76. The molecule has 0 fully saturated rings. The van der Waals surface area contributed by atoms with Gasteiger partial charge in [-0.15, -0.1) is 0 Å². The summed E-state index contributed by atoms with van der Waals surface area (Å²) in [7, 11) is 0. The molecule has 2 unspecified atom stereocenters. The van der Waals surface area contributed by atoms with Crippen LogP contribution in [0.5, 0.6) is 0 Å². The molecule has 2 atom stereocenters. The third-order valence-corrected chi connectivity index (χ3v) is 19.2. The fraction of sp³-hybridized carbons (Fsp3) is 0.975. The number of carbonyl (C=O) groups excluding carboxylic acids is 2. The van der Waals surface area contributed by atoms with Crippen molar-refractivity contribution in [3.8, 4) is 0 Å². The van der Waals surface area contributed by atoms with Crippen LogP contribution in [0.3, 0.4) is 0 Å². The van der Waals surface area contributed by atoms with Gasteiger partial charge in [-0.1, -0.05) is 431 Å². The summed E-state index contributed by atoms with van der Waals surface area (Å²) >= 11 is 0. The minimum atomic E-state index is -0.661. The van der Waals surface area contributed by atoms with Gasteiger partial charge in [-0.05, 0) is 25.7 Å². The van der Waals surface area contributed by atoms with Crippen molar-refractivity contribution in [1.82, 2.24) is 5.32 Å². The predicted molar refractivity (Wildman–Crippen MR) is 375 cm³/mol. The zero-order valence-corrected chi connectivity index (χ0v) is 58.4. The molecule has 3 N–H and O–H groups in total. The van der Waals surface area contributed by atoms with Crippen molar-refractivity contribution in [3.05, 3.63) is 0 Å². The van der Waals surface area contributed by atoms with Crippen molar-refractivity contribution in [2.45, 2.75) is 482 Å². The highest BCUT2D eigenvalue weighted by Gasteiger charge is 2.20. The number of hydrogen-bond acceptors (Lipinski definition) is 5. The van der Waals surface area contributed by atoms with Gasteiger partial charge in [-0.3, -0.25) is 9.59 Å². The summed E-state index contributed by atoms with van der Waals surface area (Å²) in [5, 5.41) is 23.4. The Morgan fingerprint density at radius 3 is 0.718 bits per heavy atom. The molecule has 6 nitrogen and oxygen atoms in total. The first-order chi connectivity index (χ1) is 42.0. The lowest BCUT2D eigenvalue weighted by Gasteiger charge is -2.22. The largest absolute Gasteiger partial charge is 0.466 e. The van der Waals surface area contributed by atoms with Gasteiger partial charge in [-0.25, -0.2) is 0 Å². The third-order valence-electron chi connectivity index (χ3n) is 19.2. The molecule has 0 aromatic rings. The first-order valence-corrected chi connectivity index (χ1v) is 39.8. The standard InChI is InChI=1S/C79H157NO5/c1-3-5-7-9-11-13-15-17-19-21-39-43-47-51-55-59-63-67-71-77(82)76(75-81)80-78(83)72-68-64-60-56-52-48-44-40-37-35-33-31-29-27-25-23-24-26-28-30-32-34-36-38-42-46-50-54-58-62-66-70-74-85-79(84)73-69-65-61-57-53-49-45-41-22-20-18-16-14-12-10-8-6-4-2/h76-77,81-82H,3-75H2,1-2H3,(H,80,83). The molecule has 1 amide bonds. The highest BCUT2D eigenvalue weighted by atomic mass is 16.5. The number of ether oxygens (including phenoxy) is 1. The number of aliphatic hydroxyl groups is 2. The van der Waals surface area contributed by atoms with Gasteiger partial charge >= 0.3 is 5.97 Å². The summed E-state index contributed by atoms with van der Waals surface area (Å²) in [6, 6.07) is -0.537. The number of aliphatic hydroxyl groups excluding tert-OH is 2. The van der Waals surface area contributed by atoms with Crippen molar-refractivity contribution >= 4 is 11.9 Å². The fourth-order valence-corrected chi connectivity index (χ4v) is 13.1. The van der Waals surface area contributed by atoms with Gasteiger partial charge in [0.25, 0.3) is 0 Å². The minimum Gasteiger partial charge on any atom is -0.466 e. The van der Waals surface area contributed by atoms with E-state index in [1.165, 1.54) is 398 Å². The molecule has 0 heterocycles. The van der Waals surface area contributed by atoms with Crippen LogP contribution < -0.4 is 5.32 Å². The van der Waals surface area contributed by atoms with Gasteiger partial charge in [0.15, 0.2) is 0 Å². The summed E-state index contributed by atoms with van der Waals surface area (Å²) in [5.74, 6) is 0.00210. The van der Waals surface area contributed by atoms with Crippen molar-refractivity contribution < 1.29 is 24.5 Å². The Balaban J connectivity index is 3.30. The van der Waals surface area contributed by atoms with E-state index in [-0.39, 0.29) is 18.5 Å². The van der Waals surface area contributed by atoms with E-state index in [0.717, 1.165) is 38.5 Å². The van der Waals surface area contributed by atoms with Gasteiger partial charge in [0.2, 0.25) is 5.91 Å². The molecule has 0 radical (unpaired) electrons. The summed E-state index contributed by atoms with van der Waals surface area (Å²) in [6.45, 7) is 5.02. The molecule has 0 spiro atoms. The lowest BCUT2D eigenvalue weighted by atomic mass is 10.0. The second kappa shape index (κ2) is 75.3. The van der Waals surface area contributed by atoms with Crippen LogP contribution in [0, 0.1) is 0 Å². The number of carbonyl (C=O) groups is 2. The molecule has 0 bridgehead atoms. The van der Waals surface area contributed by atoms with E-state index >= 15 is 0 Å². The van der Waals surface area contributed by atoms with Gasteiger partial charge < -0.3 is 20.3 Å². The van der Waals surface area contributed by atoms with Gasteiger partial charge in [0, 0.05) is 12.8 Å². The molecule has 0 aliphatic rings. The molecule has 508 valence electrons. The smallest absolute Gasteiger partial charge is 0.305 e. The average Bonchev–Trinajstić information content (AvgIpc) is 3.51. The normalized spacial score (nSPS) is 12.4. The number of amides is 1. The Kier molecular flexibility index (Phi) is 74.3.